The van der Waals surface area contributed by atoms with Gasteiger partial charge >= 0.3 is 5.97 Å². The molecule has 0 radical (unpaired) electrons. The Morgan fingerprint density at radius 3 is 2.92 bits per heavy atom. The van der Waals surface area contributed by atoms with Gasteiger partial charge in [0, 0.05) is 16.4 Å². The summed E-state index contributed by atoms with van der Waals surface area (Å²) in [5.74, 6) is -0.276. The third kappa shape index (κ3) is 4.03. The van der Waals surface area contributed by atoms with Crippen LogP contribution in [-0.2, 0) is 16.0 Å². The molecule has 0 saturated heterocycles. The summed E-state index contributed by atoms with van der Waals surface area (Å²) in [6.07, 6.45) is 1.50. The van der Waals surface area contributed by atoms with Gasteiger partial charge in [-0.3, -0.25) is 9.59 Å². The predicted molar refractivity (Wildman–Crippen MR) is 96.3 cm³/mol. The normalized spacial score (nSPS) is 10.6. The number of carbonyl (C=O) groups excluding carboxylic acids is 2. The third-order valence-electron chi connectivity index (χ3n) is 3.39. The summed E-state index contributed by atoms with van der Waals surface area (Å²) in [7, 11) is 0. The van der Waals surface area contributed by atoms with Crippen molar-refractivity contribution in [1.82, 2.24) is 15.0 Å². The number of halogens is 1. The zero-order chi connectivity index (χ0) is 17.8. The van der Waals surface area contributed by atoms with Crippen LogP contribution in [-0.4, -0.2) is 33.4 Å². The van der Waals surface area contributed by atoms with E-state index in [9.17, 15) is 9.59 Å². The predicted octanol–water partition coefficient (Wildman–Crippen LogP) is 3.08. The molecule has 1 amide bonds. The number of nitrogens with zero attached hydrogens (tertiary/aromatic N) is 2. The van der Waals surface area contributed by atoms with E-state index in [1.54, 1.807) is 25.1 Å². The van der Waals surface area contributed by atoms with Gasteiger partial charge in [0.05, 0.1) is 17.7 Å². The second-order valence-electron chi connectivity index (χ2n) is 5.19. The number of hydrogen-bond donors (Lipinski definition) is 2. The van der Waals surface area contributed by atoms with Crippen LogP contribution in [0.15, 0.2) is 41.0 Å². The van der Waals surface area contributed by atoms with Crippen molar-refractivity contribution in [2.75, 3.05) is 11.9 Å². The largest absolute Gasteiger partial charge is 0.466 e. The number of benzene rings is 1. The number of hydrogen-bond acceptors (Lipinski definition) is 5. The van der Waals surface area contributed by atoms with Crippen LogP contribution in [0.2, 0.25) is 0 Å². The second-order valence-corrected chi connectivity index (χ2v) is 6.10. The van der Waals surface area contributed by atoms with Gasteiger partial charge in [-0.1, -0.05) is 22.0 Å². The molecule has 25 heavy (non-hydrogen) atoms. The summed E-state index contributed by atoms with van der Waals surface area (Å²) in [5.41, 5.74) is 1.92. The number of carbonyl (C=O) groups is 2. The Kier molecular flexibility index (Phi) is 5.08. The van der Waals surface area contributed by atoms with E-state index in [1.165, 1.54) is 6.20 Å². The van der Waals surface area contributed by atoms with E-state index in [4.69, 9.17) is 4.74 Å². The van der Waals surface area contributed by atoms with Gasteiger partial charge in [-0.25, -0.2) is 9.97 Å². The van der Waals surface area contributed by atoms with Gasteiger partial charge in [0.1, 0.15) is 12.2 Å². The smallest absolute Gasteiger partial charge is 0.313 e. The van der Waals surface area contributed by atoms with Gasteiger partial charge in [-0.15, -0.1) is 0 Å². The Hall–Kier alpha value is -2.74. The molecule has 0 aliphatic carbocycles. The lowest BCUT2D eigenvalue weighted by molar-refractivity contribution is -0.142. The first-order valence-electron chi connectivity index (χ1n) is 7.63. The summed E-state index contributed by atoms with van der Waals surface area (Å²) >= 11 is 3.37. The van der Waals surface area contributed by atoms with Crippen LogP contribution >= 0.6 is 15.9 Å². The van der Waals surface area contributed by atoms with E-state index in [0.717, 1.165) is 4.47 Å². The quantitative estimate of drug-likeness (QED) is 0.639. The Morgan fingerprint density at radius 1 is 1.32 bits per heavy atom. The molecule has 3 rings (SSSR count). The van der Waals surface area contributed by atoms with Crippen molar-refractivity contribution in [3.63, 3.8) is 0 Å². The molecule has 7 nitrogen and oxygen atoms in total. The summed E-state index contributed by atoms with van der Waals surface area (Å²) < 4.78 is 5.77. The maximum absolute atomic E-state index is 12.6. The monoisotopic (exact) mass is 402 g/mol. The van der Waals surface area contributed by atoms with E-state index in [2.05, 4.69) is 36.2 Å². The average Bonchev–Trinajstić information content (AvgIpc) is 2.97. The van der Waals surface area contributed by atoms with Crippen molar-refractivity contribution in [3.05, 3.63) is 52.4 Å². The Labute approximate surface area is 151 Å². The van der Waals surface area contributed by atoms with Crippen molar-refractivity contribution >= 4 is 44.7 Å². The van der Waals surface area contributed by atoms with Crippen LogP contribution in [0.5, 0.6) is 0 Å². The standard InChI is InChI=1S/C17H15BrN4O3/c1-2-25-14(23)9-13-21-15-12(6-7-19-16(15)22-13)17(24)20-11-5-3-4-10(18)8-11/h3-8H,2,9H2,1H3,(H,20,24)(H,19,21,22). The van der Waals surface area contributed by atoms with E-state index < -0.39 is 0 Å². The number of ether oxygens (including phenoxy) is 1. The van der Waals surface area contributed by atoms with E-state index in [-0.39, 0.29) is 18.3 Å². The number of esters is 1. The molecule has 0 saturated carbocycles. The number of fused-ring (bicyclic) bond motifs is 1. The Morgan fingerprint density at radius 2 is 2.16 bits per heavy atom. The van der Waals surface area contributed by atoms with Crippen LogP contribution in [0, 0.1) is 0 Å². The van der Waals surface area contributed by atoms with Gasteiger partial charge in [-0.2, -0.15) is 0 Å². The number of aromatic nitrogens is 3. The van der Waals surface area contributed by atoms with Crippen LogP contribution in [0.3, 0.4) is 0 Å². The SMILES string of the molecule is CCOC(=O)Cc1nc2nccc(C(=O)Nc3cccc(Br)c3)c2[nH]1. The maximum Gasteiger partial charge on any atom is 0.313 e. The molecule has 0 spiro atoms. The maximum atomic E-state index is 12.6. The number of anilines is 1. The van der Waals surface area contributed by atoms with Crippen molar-refractivity contribution in [3.8, 4) is 0 Å². The van der Waals surface area contributed by atoms with Crippen molar-refractivity contribution in [2.24, 2.45) is 0 Å². The molecule has 0 bridgehead atoms. The molecule has 3 aromatic rings. The molecular formula is C17H15BrN4O3. The molecule has 1 aromatic carbocycles. The number of pyridine rings is 1. The first-order valence-corrected chi connectivity index (χ1v) is 8.42. The molecule has 128 valence electrons. The fourth-order valence-corrected chi connectivity index (χ4v) is 2.74. The minimum atomic E-state index is -0.387. The van der Waals surface area contributed by atoms with Crippen LogP contribution < -0.4 is 5.32 Å². The number of rotatable bonds is 5. The lowest BCUT2D eigenvalue weighted by Gasteiger charge is -2.06. The summed E-state index contributed by atoms with van der Waals surface area (Å²) in [6, 6.07) is 8.89. The number of amides is 1. The molecule has 2 N–H and O–H groups in total. The lowest BCUT2D eigenvalue weighted by atomic mass is 10.2. The molecule has 0 aliphatic heterocycles. The van der Waals surface area contributed by atoms with Crippen LogP contribution in [0.1, 0.15) is 23.1 Å². The number of H-pyrrole nitrogens is 1. The highest BCUT2D eigenvalue weighted by molar-refractivity contribution is 9.10. The molecule has 2 aromatic heterocycles. The van der Waals surface area contributed by atoms with Gasteiger partial charge in [-0.05, 0) is 31.2 Å². The van der Waals surface area contributed by atoms with Crippen molar-refractivity contribution in [1.29, 1.82) is 0 Å². The molecule has 8 heteroatoms. The Bertz CT molecular complexity index is 939. The highest BCUT2D eigenvalue weighted by Gasteiger charge is 2.16. The average molecular weight is 403 g/mol. The fraction of sp³-hybridized carbons (Fsp3) is 0.176. The van der Waals surface area contributed by atoms with Crippen LogP contribution in [0.4, 0.5) is 5.69 Å². The summed E-state index contributed by atoms with van der Waals surface area (Å²) in [6.45, 7) is 2.04. The highest BCUT2D eigenvalue weighted by Crippen LogP contribution is 2.19. The molecule has 0 fully saturated rings. The zero-order valence-electron chi connectivity index (χ0n) is 13.4. The van der Waals surface area contributed by atoms with Gasteiger partial charge < -0.3 is 15.0 Å². The number of nitrogens with one attached hydrogen (secondary N) is 2. The summed E-state index contributed by atoms with van der Waals surface area (Å²) in [4.78, 5) is 35.5. The van der Waals surface area contributed by atoms with Crippen LogP contribution in [0.25, 0.3) is 11.2 Å². The van der Waals surface area contributed by atoms with Gasteiger partial charge in [0.25, 0.3) is 5.91 Å². The van der Waals surface area contributed by atoms with E-state index in [1.807, 2.05) is 12.1 Å². The molecule has 2 heterocycles. The first kappa shape index (κ1) is 17.1. The lowest BCUT2D eigenvalue weighted by Crippen LogP contribution is -2.12. The zero-order valence-corrected chi connectivity index (χ0v) is 15.0. The summed E-state index contributed by atoms with van der Waals surface area (Å²) in [5, 5.41) is 2.83. The van der Waals surface area contributed by atoms with Crippen molar-refractivity contribution in [2.45, 2.75) is 13.3 Å². The number of aromatic amines is 1. The molecular weight excluding hydrogens is 388 g/mol. The fourth-order valence-electron chi connectivity index (χ4n) is 2.35. The van der Waals surface area contributed by atoms with Crippen molar-refractivity contribution < 1.29 is 14.3 Å². The Balaban J connectivity index is 1.87. The second kappa shape index (κ2) is 7.43. The molecule has 0 atom stereocenters. The van der Waals surface area contributed by atoms with E-state index in [0.29, 0.717) is 34.8 Å². The minimum Gasteiger partial charge on any atom is -0.466 e. The first-order chi connectivity index (χ1) is 12.1. The minimum absolute atomic E-state index is 0.00308. The highest BCUT2D eigenvalue weighted by atomic mass is 79.9. The third-order valence-corrected chi connectivity index (χ3v) is 3.88. The number of imidazole rings is 1. The molecule has 0 aliphatic rings. The van der Waals surface area contributed by atoms with E-state index >= 15 is 0 Å². The topological polar surface area (TPSA) is 97.0 Å². The molecule has 0 unspecified atom stereocenters. The van der Waals surface area contributed by atoms with Gasteiger partial charge in [0.2, 0.25) is 0 Å². The van der Waals surface area contributed by atoms with Gasteiger partial charge in [0.15, 0.2) is 5.65 Å².